The predicted octanol–water partition coefficient (Wildman–Crippen LogP) is 5.22. The smallest absolute Gasteiger partial charge is 0.253 e. The Morgan fingerprint density at radius 1 is 0.733 bits per heavy atom. The van der Waals surface area contributed by atoms with Crippen LogP contribution in [0.4, 0.5) is 5.69 Å². The number of imide groups is 1. The molecule has 1 fully saturated rings. The molecule has 0 saturated carbocycles. The van der Waals surface area contributed by atoms with Crippen LogP contribution >= 0.6 is 0 Å². The molecule has 0 spiro atoms. The van der Waals surface area contributed by atoms with Gasteiger partial charge in [0.25, 0.3) is 11.8 Å². The van der Waals surface area contributed by atoms with Gasteiger partial charge in [0.2, 0.25) is 17.7 Å². The van der Waals surface area contributed by atoms with Gasteiger partial charge in [-0.25, -0.2) is 8.42 Å². The summed E-state index contributed by atoms with van der Waals surface area (Å²) in [5, 5.41) is 9.38. The van der Waals surface area contributed by atoms with Crippen molar-refractivity contribution >= 4 is 67.1 Å². The normalized spacial score (nSPS) is 14.2. The summed E-state index contributed by atoms with van der Waals surface area (Å²) in [4.78, 5) is 82.1. The molecule has 1 saturated heterocycles. The molecule has 3 aromatic carbocycles. The standard InChI is InChI=1S/C33H39N7O9S.2C11H8N.Ir/c41-27(34-15-18-49-19-17-40-28(42)10-11-29(40)43)9-1-2-12-37-32(44)24(21-50(46,47)48)38-33(45)25-8-5-16-39(25)26-20-22-6-3-13-35-30(22)31-23(26)7-4-14-36-31;2*1-2-6-10(7-3-1)11-8-4-5-9-12-11;/h3-4,6-7,10-11,13-14,20,24-25H,1-2,5,8-9,12,15-19,21H2,(H,34,41)(H,37,44)(H,38,45)(H,46,47,48);2*1-6,8-9H;/q;2*-1;/p-1. The zero-order valence-electron chi connectivity index (χ0n) is 40.7. The Morgan fingerprint density at radius 2 is 1.36 bits per heavy atom. The van der Waals surface area contributed by atoms with Crippen LogP contribution in [0.3, 0.4) is 0 Å². The van der Waals surface area contributed by atoms with Gasteiger partial charge in [-0.2, -0.15) is 0 Å². The quantitative estimate of drug-likeness (QED) is 0.0309. The van der Waals surface area contributed by atoms with Crippen LogP contribution in [0.2, 0.25) is 0 Å². The van der Waals surface area contributed by atoms with Crippen LogP contribution in [0.15, 0.2) is 152 Å². The van der Waals surface area contributed by atoms with Gasteiger partial charge in [0.1, 0.15) is 12.1 Å². The summed E-state index contributed by atoms with van der Waals surface area (Å²) in [6.45, 7) is 1.29. The van der Waals surface area contributed by atoms with Gasteiger partial charge < -0.3 is 40.1 Å². The van der Waals surface area contributed by atoms with Crippen LogP contribution in [0, 0.1) is 12.1 Å². The summed E-state index contributed by atoms with van der Waals surface area (Å²) in [6.07, 6.45) is 11.4. The third kappa shape index (κ3) is 17.0. The van der Waals surface area contributed by atoms with E-state index in [0.717, 1.165) is 49.4 Å². The number of nitrogens with zero attached hydrogens (tertiary/aromatic N) is 6. The molecule has 18 nitrogen and oxygen atoms in total. The molecule has 391 valence electrons. The number of ether oxygens (including phenoxy) is 1. The molecule has 9 rings (SSSR count). The van der Waals surface area contributed by atoms with E-state index in [1.54, 1.807) is 30.9 Å². The zero-order valence-corrected chi connectivity index (χ0v) is 43.9. The molecule has 0 bridgehead atoms. The van der Waals surface area contributed by atoms with Gasteiger partial charge in [-0.1, -0.05) is 30.3 Å². The second-order valence-corrected chi connectivity index (χ2v) is 18.3. The minimum Gasteiger partial charge on any atom is -0.748 e. The maximum absolute atomic E-state index is 13.6. The molecule has 7 aromatic rings. The van der Waals surface area contributed by atoms with E-state index in [-0.39, 0.29) is 65.3 Å². The molecule has 4 aromatic heterocycles. The third-order valence-electron chi connectivity index (χ3n) is 11.7. The first-order valence-corrected chi connectivity index (χ1v) is 25.6. The molecule has 2 atom stereocenters. The number of nitrogens with one attached hydrogen (secondary N) is 3. The first-order valence-electron chi connectivity index (χ1n) is 24.0. The number of hydrogen-bond acceptors (Lipinski definition) is 14. The van der Waals surface area contributed by atoms with Crippen molar-refractivity contribution < 1.29 is 61.8 Å². The van der Waals surface area contributed by atoms with E-state index in [1.165, 1.54) is 12.2 Å². The van der Waals surface area contributed by atoms with Gasteiger partial charge in [-0.05, 0) is 73.5 Å². The van der Waals surface area contributed by atoms with Crippen molar-refractivity contribution in [3.8, 4) is 22.5 Å². The Balaban J connectivity index is 0.000000294. The number of hydrogen-bond donors (Lipinski definition) is 3. The number of rotatable bonds is 19. The fraction of sp³-hybridized carbons (Fsp3) is 0.255. The Hall–Kier alpha value is -7.61. The first kappa shape index (κ1) is 56.7. The average molecular weight is 1210 g/mol. The number of anilines is 1. The molecule has 1 radical (unpaired) electrons. The molecule has 0 aliphatic carbocycles. The summed E-state index contributed by atoms with van der Waals surface area (Å²) in [5.74, 6) is -3.54. The fourth-order valence-electron chi connectivity index (χ4n) is 8.13. The number of carbonyl (C=O) groups excluding carboxylic acids is 5. The van der Waals surface area contributed by atoms with Crippen molar-refractivity contribution in [1.29, 1.82) is 0 Å². The molecule has 5 amide bonds. The van der Waals surface area contributed by atoms with Gasteiger partial charge in [0, 0.05) is 99.6 Å². The number of aromatic nitrogens is 4. The first-order chi connectivity index (χ1) is 35.9. The van der Waals surface area contributed by atoms with Gasteiger partial charge >= 0.3 is 0 Å². The maximum Gasteiger partial charge on any atom is 0.253 e. The van der Waals surface area contributed by atoms with E-state index in [1.807, 2.05) is 114 Å². The molecule has 20 heteroatoms. The van der Waals surface area contributed by atoms with Gasteiger partial charge in [0.15, 0.2) is 0 Å². The van der Waals surface area contributed by atoms with Crippen LogP contribution in [-0.2, 0) is 58.9 Å². The summed E-state index contributed by atoms with van der Waals surface area (Å²) < 4.78 is 40.4. The second kappa shape index (κ2) is 28.7. The van der Waals surface area contributed by atoms with Crippen molar-refractivity contribution in [2.75, 3.05) is 50.0 Å². The Labute approximate surface area is 448 Å². The summed E-state index contributed by atoms with van der Waals surface area (Å²) in [5.41, 5.74) is 6.17. The molecule has 2 aliphatic heterocycles. The maximum atomic E-state index is 13.6. The van der Waals surface area contributed by atoms with E-state index in [2.05, 4.69) is 48.0 Å². The zero-order chi connectivity index (χ0) is 52.1. The molecule has 2 unspecified atom stereocenters. The van der Waals surface area contributed by atoms with Crippen LogP contribution in [0.5, 0.6) is 0 Å². The molecule has 6 heterocycles. The van der Waals surface area contributed by atoms with Gasteiger partial charge in [0.05, 0.1) is 46.7 Å². The Bertz CT molecular complexity index is 2980. The monoisotopic (exact) mass is 1210 g/mol. The van der Waals surface area contributed by atoms with Gasteiger partial charge in [-0.15, -0.1) is 71.8 Å². The molecular weight excluding hydrogens is 1150 g/mol. The van der Waals surface area contributed by atoms with Crippen molar-refractivity contribution in [2.24, 2.45) is 0 Å². The summed E-state index contributed by atoms with van der Waals surface area (Å²) >= 11 is 0. The third-order valence-corrected chi connectivity index (χ3v) is 12.4. The Morgan fingerprint density at radius 3 is 1.97 bits per heavy atom. The van der Waals surface area contributed by atoms with E-state index in [9.17, 15) is 36.9 Å². The SMILES string of the molecule is O=C(CCCCNC(=O)C(CS(=O)(=O)[O-])NC(=O)C1CCCN1c1cc2cccnc2c2ncccc12)NCCOCCN1C(=O)C=CC1=O.[Ir].[c-]1ccccc1-c1ccccn1.[c-]1ccccc1-c1ccccn1. The Kier molecular flexibility index (Phi) is 21.7. The molecule has 2 aliphatic rings. The van der Waals surface area contributed by atoms with Crippen LogP contribution in [0.25, 0.3) is 44.3 Å². The minimum absolute atomic E-state index is 0. The van der Waals surface area contributed by atoms with E-state index >= 15 is 0 Å². The number of carbonyl (C=O) groups is 5. The summed E-state index contributed by atoms with van der Waals surface area (Å²) in [7, 11) is -4.88. The van der Waals surface area contributed by atoms with E-state index in [0.29, 0.717) is 37.7 Å². The number of fused-ring (bicyclic) bond motifs is 3. The van der Waals surface area contributed by atoms with Crippen LogP contribution < -0.4 is 20.9 Å². The minimum atomic E-state index is -4.88. The summed E-state index contributed by atoms with van der Waals surface area (Å²) in [6, 6.07) is 40.6. The van der Waals surface area contributed by atoms with Crippen molar-refractivity contribution in [3.05, 3.63) is 164 Å². The molecule has 3 N–H and O–H groups in total. The largest absolute Gasteiger partial charge is 0.748 e. The number of pyridine rings is 4. The van der Waals surface area contributed by atoms with E-state index in [4.69, 9.17) is 4.74 Å². The average Bonchev–Trinajstić information content (AvgIpc) is 4.06. The number of amides is 5. The van der Waals surface area contributed by atoms with Crippen molar-refractivity contribution in [1.82, 2.24) is 40.8 Å². The second-order valence-electron chi connectivity index (χ2n) is 16.9. The molecular formula is C55H54IrN9O9S-3. The van der Waals surface area contributed by atoms with Crippen LogP contribution in [0.1, 0.15) is 32.1 Å². The fourth-order valence-corrected chi connectivity index (χ4v) is 8.78. The van der Waals surface area contributed by atoms with E-state index < -0.39 is 51.6 Å². The topological polar surface area (TPSA) is 246 Å². The van der Waals surface area contributed by atoms with Crippen LogP contribution in [-0.4, -0.2) is 125 Å². The van der Waals surface area contributed by atoms with Crippen molar-refractivity contribution in [3.63, 3.8) is 0 Å². The number of unbranched alkanes of at least 4 members (excludes halogenated alkanes) is 1. The molecule has 75 heavy (non-hydrogen) atoms. The number of benzene rings is 3. The van der Waals surface area contributed by atoms with Gasteiger partial charge in [-0.3, -0.25) is 38.8 Å². The predicted molar refractivity (Wildman–Crippen MR) is 277 cm³/mol. The van der Waals surface area contributed by atoms with Crippen molar-refractivity contribution in [2.45, 2.75) is 44.2 Å².